The molecule has 1 aliphatic heterocycles. The van der Waals surface area contributed by atoms with E-state index in [-0.39, 0.29) is 5.91 Å². The fourth-order valence-corrected chi connectivity index (χ4v) is 3.83. The number of carbonyl (C=O) groups excluding carboxylic acids is 1. The molecule has 27 heavy (non-hydrogen) atoms. The van der Waals surface area contributed by atoms with Crippen molar-refractivity contribution in [2.75, 3.05) is 42.3 Å². The third kappa shape index (κ3) is 5.23. The van der Waals surface area contributed by atoms with E-state index in [4.69, 9.17) is 4.74 Å². The molecule has 0 saturated carbocycles. The van der Waals surface area contributed by atoms with Crippen LogP contribution in [0.15, 0.2) is 29.4 Å². The minimum Gasteiger partial charge on any atom is -0.378 e. The van der Waals surface area contributed by atoms with Gasteiger partial charge in [-0.15, -0.1) is 10.2 Å². The smallest absolute Gasteiger partial charge is 0.234 e. The summed E-state index contributed by atoms with van der Waals surface area (Å²) in [5.41, 5.74) is 2.11. The second-order valence-electron chi connectivity index (χ2n) is 6.41. The van der Waals surface area contributed by atoms with Crippen LogP contribution in [0.2, 0.25) is 0 Å². The van der Waals surface area contributed by atoms with Crippen LogP contribution >= 0.6 is 11.8 Å². The molecule has 146 valence electrons. The van der Waals surface area contributed by atoms with E-state index in [1.54, 1.807) is 0 Å². The van der Waals surface area contributed by atoms with Gasteiger partial charge >= 0.3 is 0 Å². The number of carbonyl (C=O) groups is 1. The lowest BCUT2D eigenvalue weighted by Crippen LogP contribution is -2.38. The first-order valence-corrected chi connectivity index (χ1v) is 10.5. The van der Waals surface area contributed by atoms with Crippen molar-refractivity contribution < 1.29 is 9.53 Å². The number of rotatable bonds is 8. The second-order valence-corrected chi connectivity index (χ2v) is 7.35. The molecule has 1 aromatic carbocycles. The van der Waals surface area contributed by atoms with E-state index in [1.807, 2.05) is 12.1 Å². The second kappa shape index (κ2) is 9.75. The first-order chi connectivity index (χ1) is 13.2. The fraction of sp³-hybridized carbons (Fsp3) is 0.526. The van der Waals surface area contributed by atoms with Crippen LogP contribution < -0.4 is 10.2 Å². The summed E-state index contributed by atoms with van der Waals surface area (Å²) in [6, 6.07) is 8.04. The van der Waals surface area contributed by atoms with Gasteiger partial charge < -0.3 is 15.0 Å². The lowest BCUT2D eigenvalue weighted by molar-refractivity contribution is -0.113. The molecular formula is C19H27N5O2S. The highest BCUT2D eigenvalue weighted by Gasteiger charge is 2.20. The van der Waals surface area contributed by atoms with Crippen molar-refractivity contribution in [2.45, 2.75) is 38.4 Å². The van der Waals surface area contributed by atoms with E-state index in [2.05, 4.69) is 51.0 Å². The third-order valence-electron chi connectivity index (χ3n) is 4.42. The largest absolute Gasteiger partial charge is 0.378 e. The maximum Gasteiger partial charge on any atom is 0.234 e. The van der Waals surface area contributed by atoms with Gasteiger partial charge in [-0.2, -0.15) is 0 Å². The minimum atomic E-state index is -0.0400. The Morgan fingerprint density at radius 1 is 1.19 bits per heavy atom. The molecule has 7 nitrogen and oxygen atoms in total. The van der Waals surface area contributed by atoms with Gasteiger partial charge in [0, 0.05) is 25.3 Å². The van der Waals surface area contributed by atoms with E-state index in [0.717, 1.165) is 49.3 Å². The van der Waals surface area contributed by atoms with E-state index < -0.39 is 0 Å². The van der Waals surface area contributed by atoms with Gasteiger partial charge in [0.2, 0.25) is 11.9 Å². The molecule has 0 unspecified atom stereocenters. The van der Waals surface area contributed by atoms with Crippen LogP contribution in [0, 0.1) is 0 Å². The number of nitrogens with one attached hydrogen (secondary N) is 1. The molecule has 1 aliphatic rings. The van der Waals surface area contributed by atoms with Crippen LogP contribution in [0.3, 0.4) is 0 Å². The molecule has 0 radical (unpaired) electrons. The van der Waals surface area contributed by atoms with Gasteiger partial charge in [0.15, 0.2) is 5.16 Å². The number of aromatic nitrogens is 3. The predicted molar refractivity (Wildman–Crippen MR) is 109 cm³/mol. The van der Waals surface area contributed by atoms with Crippen molar-refractivity contribution in [3.8, 4) is 0 Å². The summed E-state index contributed by atoms with van der Waals surface area (Å²) in [5.74, 6) is 1.12. The van der Waals surface area contributed by atoms with Gasteiger partial charge in [-0.1, -0.05) is 37.2 Å². The summed E-state index contributed by atoms with van der Waals surface area (Å²) in [7, 11) is 0. The third-order valence-corrected chi connectivity index (χ3v) is 5.38. The number of ether oxygens (including phenoxy) is 1. The quantitative estimate of drug-likeness (QED) is 0.700. The zero-order chi connectivity index (χ0) is 19.1. The van der Waals surface area contributed by atoms with Gasteiger partial charge in [0.05, 0.1) is 19.0 Å². The average molecular weight is 390 g/mol. The van der Waals surface area contributed by atoms with Crippen molar-refractivity contribution in [2.24, 2.45) is 0 Å². The van der Waals surface area contributed by atoms with Crippen LogP contribution in [-0.2, 0) is 22.5 Å². The Morgan fingerprint density at radius 3 is 2.59 bits per heavy atom. The minimum absolute atomic E-state index is 0.0400. The van der Waals surface area contributed by atoms with Gasteiger partial charge in [0.25, 0.3) is 0 Å². The highest BCUT2D eigenvalue weighted by atomic mass is 32.2. The van der Waals surface area contributed by atoms with Crippen LogP contribution in [-0.4, -0.2) is 52.7 Å². The molecule has 2 heterocycles. The highest BCUT2D eigenvalue weighted by molar-refractivity contribution is 7.99. The van der Waals surface area contributed by atoms with Crippen LogP contribution in [0.5, 0.6) is 0 Å². The lowest BCUT2D eigenvalue weighted by Gasteiger charge is -2.27. The lowest BCUT2D eigenvalue weighted by atomic mass is 10.1. The molecule has 1 amide bonds. The van der Waals surface area contributed by atoms with Crippen molar-refractivity contribution in [3.05, 3.63) is 29.8 Å². The first kappa shape index (κ1) is 19.7. The van der Waals surface area contributed by atoms with E-state index in [9.17, 15) is 4.79 Å². The Morgan fingerprint density at radius 2 is 1.93 bits per heavy atom. The fourth-order valence-electron chi connectivity index (χ4n) is 3.03. The monoisotopic (exact) mass is 389 g/mol. The Bertz CT molecular complexity index is 741. The molecule has 1 N–H and O–H groups in total. The Balaban J connectivity index is 1.56. The number of morpholine rings is 1. The van der Waals surface area contributed by atoms with E-state index in [1.165, 1.54) is 17.3 Å². The van der Waals surface area contributed by atoms with Crippen LogP contribution in [0.1, 0.15) is 25.8 Å². The summed E-state index contributed by atoms with van der Waals surface area (Å²) < 4.78 is 7.46. The van der Waals surface area contributed by atoms with Gasteiger partial charge in [-0.05, 0) is 31.0 Å². The molecule has 1 fully saturated rings. The van der Waals surface area contributed by atoms with E-state index in [0.29, 0.717) is 19.0 Å². The molecule has 0 bridgehead atoms. The molecule has 0 spiro atoms. The molecule has 1 aromatic heterocycles. The predicted octanol–water partition coefficient (Wildman–Crippen LogP) is 2.82. The number of amides is 1. The molecule has 3 rings (SSSR count). The van der Waals surface area contributed by atoms with Gasteiger partial charge in [-0.3, -0.25) is 9.36 Å². The highest BCUT2D eigenvalue weighted by Crippen LogP contribution is 2.23. The van der Waals surface area contributed by atoms with Crippen molar-refractivity contribution in [1.82, 2.24) is 14.8 Å². The van der Waals surface area contributed by atoms with Crippen LogP contribution in [0.25, 0.3) is 0 Å². The molecule has 8 heteroatoms. The van der Waals surface area contributed by atoms with E-state index >= 15 is 0 Å². The van der Waals surface area contributed by atoms with Crippen molar-refractivity contribution >= 4 is 29.3 Å². The summed E-state index contributed by atoms with van der Waals surface area (Å²) >= 11 is 1.41. The summed E-state index contributed by atoms with van der Waals surface area (Å²) in [6.45, 7) is 8.04. The van der Waals surface area contributed by atoms with Crippen molar-refractivity contribution in [1.29, 1.82) is 0 Å². The van der Waals surface area contributed by atoms with Gasteiger partial charge in [0.1, 0.15) is 0 Å². The Labute approximate surface area is 164 Å². The number of aryl methyl sites for hydroxylation is 1. The molecule has 2 aromatic rings. The summed E-state index contributed by atoms with van der Waals surface area (Å²) in [5, 5.41) is 12.3. The topological polar surface area (TPSA) is 72.3 Å². The molecule has 0 atom stereocenters. The number of benzene rings is 1. The number of anilines is 2. The Kier molecular flexibility index (Phi) is 7.11. The zero-order valence-electron chi connectivity index (χ0n) is 16.0. The molecule has 1 saturated heterocycles. The maximum atomic E-state index is 12.3. The van der Waals surface area contributed by atoms with Crippen molar-refractivity contribution in [3.63, 3.8) is 0 Å². The standard InChI is InChI=1S/C19H27N5O2S/c1-3-5-15-6-8-16(9-7-15)20-17(25)14-27-19-22-21-18(24(19)4-2)23-10-12-26-13-11-23/h6-9H,3-5,10-14H2,1-2H3,(H,20,25). The first-order valence-electron chi connectivity index (χ1n) is 9.48. The van der Waals surface area contributed by atoms with Gasteiger partial charge in [-0.25, -0.2) is 0 Å². The summed E-state index contributed by atoms with van der Waals surface area (Å²) in [6.07, 6.45) is 2.18. The van der Waals surface area contributed by atoms with Crippen LogP contribution in [0.4, 0.5) is 11.6 Å². The maximum absolute atomic E-state index is 12.3. The normalized spacial score (nSPS) is 14.4. The number of hydrogen-bond acceptors (Lipinski definition) is 6. The number of nitrogens with zero attached hydrogens (tertiary/aromatic N) is 4. The molecular weight excluding hydrogens is 362 g/mol. The number of hydrogen-bond donors (Lipinski definition) is 1. The SMILES string of the molecule is CCCc1ccc(NC(=O)CSc2nnc(N3CCOCC3)n2CC)cc1. The average Bonchev–Trinajstić information content (AvgIpc) is 3.12. The Hall–Kier alpha value is -2.06. The number of thioether (sulfide) groups is 1. The molecule has 0 aliphatic carbocycles. The zero-order valence-corrected chi connectivity index (χ0v) is 16.8. The summed E-state index contributed by atoms with van der Waals surface area (Å²) in [4.78, 5) is 14.5.